The van der Waals surface area contributed by atoms with Crippen LogP contribution in [-0.4, -0.2) is 39.6 Å². The average molecular weight is 397 g/mol. The van der Waals surface area contributed by atoms with Gasteiger partial charge in [-0.05, 0) is 35.7 Å². The molecule has 1 aliphatic rings. The number of nitrogens with zero attached hydrogens (tertiary/aromatic N) is 1. The Morgan fingerprint density at radius 3 is 2.57 bits per heavy atom. The summed E-state index contributed by atoms with van der Waals surface area (Å²) < 4.78 is 34.5. The first kappa shape index (κ1) is 18.9. The molecule has 0 bridgehead atoms. The van der Waals surface area contributed by atoms with Crippen LogP contribution in [0.2, 0.25) is 0 Å². The molecule has 4 rings (SSSR count). The fourth-order valence-corrected chi connectivity index (χ4v) is 4.89. The van der Waals surface area contributed by atoms with E-state index in [1.54, 1.807) is 24.3 Å². The van der Waals surface area contributed by atoms with Crippen molar-refractivity contribution >= 4 is 26.5 Å². The zero-order valence-corrected chi connectivity index (χ0v) is 16.7. The molecule has 3 aromatic carbocycles. The maximum Gasteiger partial charge on any atom is 0.262 e. The Kier molecular flexibility index (Phi) is 5.35. The molecule has 0 spiro atoms. The predicted octanol–water partition coefficient (Wildman–Crippen LogP) is 4.03. The van der Waals surface area contributed by atoms with E-state index in [1.165, 1.54) is 0 Å². The van der Waals surface area contributed by atoms with E-state index >= 15 is 0 Å². The second kappa shape index (κ2) is 7.91. The van der Waals surface area contributed by atoms with Gasteiger partial charge in [-0.3, -0.25) is 9.62 Å². The van der Waals surface area contributed by atoms with Crippen LogP contribution in [0.15, 0.2) is 71.6 Å². The molecule has 146 valence electrons. The summed E-state index contributed by atoms with van der Waals surface area (Å²) >= 11 is 0. The zero-order valence-electron chi connectivity index (χ0n) is 15.8. The van der Waals surface area contributed by atoms with Crippen LogP contribution in [0.4, 0.5) is 5.69 Å². The van der Waals surface area contributed by atoms with E-state index in [-0.39, 0.29) is 11.0 Å². The van der Waals surface area contributed by atoms with Crippen LogP contribution >= 0.6 is 0 Å². The maximum atomic E-state index is 12.9. The molecule has 28 heavy (non-hydrogen) atoms. The number of hydrogen-bond acceptors (Lipinski definition) is 4. The van der Waals surface area contributed by atoms with Crippen molar-refractivity contribution < 1.29 is 13.2 Å². The van der Waals surface area contributed by atoms with Gasteiger partial charge in [-0.2, -0.15) is 0 Å². The number of nitrogens with one attached hydrogen (secondary N) is 1. The molecule has 1 N–H and O–H groups in total. The summed E-state index contributed by atoms with van der Waals surface area (Å²) in [6.07, 6.45) is 0.0254. The van der Waals surface area contributed by atoms with Crippen molar-refractivity contribution in [3.8, 4) is 0 Å². The van der Waals surface area contributed by atoms with Gasteiger partial charge in [0.25, 0.3) is 10.0 Å². The van der Waals surface area contributed by atoms with Gasteiger partial charge in [0.1, 0.15) is 0 Å². The highest BCUT2D eigenvalue weighted by Gasteiger charge is 2.21. The topological polar surface area (TPSA) is 58.6 Å². The highest BCUT2D eigenvalue weighted by molar-refractivity contribution is 7.93. The van der Waals surface area contributed by atoms with Crippen LogP contribution in [0.5, 0.6) is 0 Å². The summed E-state index contributed by atoms with van der Waals surface area (Å²) in [6.45, 7) is 5.68. The minimum atomic E-state index is -3.68. The van der Waals surface area contributed by atoms with Gasteiger partial charge in [0.05, 0.1) is 17.6 Å². The van der Waals surface area contributed by atoms with Crippen LogP contribution in [0.25, 0.3) is 10.8 Å². The summed E-state index contributed by atoms with van der Waals surface area (Å²) in [7, 11) is -3.68. The number of likely N-dealkylation sites (N-methyl/N-ethyl adjacent to an activating group) is 1. The van der Waals surface area contributed by atoms with Gasteiger partial charge in [-0.15, -0.1) is 0 Å². The molecule has 1 atom stereocenters. The van der Waals surface area contributed by atoms with Crippen molar-refractivity contribution in [2.45, 2.75) is 17.9 Å². The van der Waals surface area contributed by atoms with Crippen molar-refractivity contribution in [3.05, 3.63) is 72.3 Å². The molecular weight excluding hydrogens is 372 g/mol. The van der Waals surface area contributed by atoms with E-state index in [0.29, 0.717) is 17.7 Å². The Bertz CT molecular complexity index is 1060. The largest absolute Gasteiger partial charge is 0.371 e. The predicted molar refractivity (Wildman–Crippen MR) is 112 cm³/mol. The third kappa shape index (κ3) is 3.90. The molecule has 0 saturated carbocycles. The molecule has 0 amide bonds. The third-order valence-electron chi connectivity index (χ3n) is 5.17. The smallest absolute Gasteiger partial charge is 0.262 e. The Balaban J connectivity index is 1.55. The summed E-state index contributed by atoms with van der Waals surface area (Å²) in [5, 5.41) is 1.61. The first-order valence-electron chi connectivity index (χ1n) is 9.51. The zero-order chi connectivity index (χ0) is 19.6. The number of hydrogen-bond donors (Lipinski definition) is 1. The molecule has 1 fully saturated rings. The standard InChI is InChI=1S/C22H24N2O3S/c1-2-24-14-15-27-21(16-24)18-10-12-19(13-11-18)23-28(25,26)22-9-5-7-17-6-3-4-8-20(17)22/h3-13,21,23H,2,14-16H2,1H3. The first-order valence-corrected chi connectivity index (χ1v) is 11.0. The molecular formula is C22H24N2O3S. The van der Waals surface area contributed by atoms with Gasteiger partial charge in [0, 0.05) is 24.2 Å². The molecule has 6 heteroatoms. The second-order valence-electron chi connectivity index (χ2n) is 6.96. The molecule has 0 radical (unpaired) electrons. The normalized spacial score (nSPS) is 18.2. The van der Waals surface area contributed by atoms with Crippen molar-refractivity contribution in [2.24, 2.45) is 0 Å². The molecule has 0 aliphatic carbocycles. The molecule has 1 unspecified atom stereocenters. The monoisotopic (exact) mass is 396 g/mol. The number of anilines is 1. The van der Waals surface area contributed by atoms with Crippen molar-refractivity contribution in [1.29, 1.82) is 0 Å². The van der Waals surface area contributed by atoms with Gasteiger partial charge < -0.3 is 4.74 Å². The molecule has 1 saturated heterocycles. The van der Waals surface area contributed by atoms with Crippen LogP contribution < -0.4 is 4.72 Å². The average Bonchev–Trinajstić information content (AvgIpc) is 2.73. The number of fused-ring (bicyclic) bond motifs is 1. The number of benzene rings is 3. The van der Waals surface area contributed by atoms with E-state index in [9.17, 15) is 8.42 Å². The number of ether oxygens (including phenoxy) is 1. The number of rotatable bonds is 5. The van der Waals surface area contributed by atoms with Gasteiger partial charge in [0.2, 0.25) is 0 Å². The third-order valence-corrected chi connectivity index (χ3v) is 6.61. The van der Waals surface area contributed by atoms with Gasteiger partial charge in [-0.25, -0.2) is 8.42 Å². The molecule has 0 aromatic heterocycles. The van der Waals surface area contributed by atoms with Crippen LogP contribution in [0.1, 0.15) is 18.6 Å². The number of sulfonamides is 1. The van der Waals surface area contributed by atoms with Crippen molar-refractivity contribution in [1.82, 2.24) is 4.90 Å². The fourth-order valence-electron chi connectivity index (χ4n) is 3.60. The lowest BCUT2D eigenvalue weighted by molar-refractivity contribution is -0.0281. The van der Waals surface area contributed by atoms with E-state index in [0.717, 1.165) is 30.6 Å². The Morgan fingerprint density at radius 2 is 1.79 bits per heavy atom. The van der Waals surface area contributed by atoms with Crippen molar-refractivity contribution in [2.75, 3.05) is 31.0 Å². The highest BCUT2D eigenvalue weighted by Crippen LogP contribution is 2.27. The number of morpholine rings is 1. The second-order valence-corrected chi connectivity index (χ2v) is 8.61. The minimum absolute atomic E-state index is 0.0254. The van der Waals surface area contributed by atoms with E-state index < -0.39 is 10.0 Å². The lowest BCUT2D eigenvalue weighted by atomic mass is 10.1. The van der Waals surface area contributed by atoms with Crippen molar-refractivity contribution in [3.63, 3.8) is 0 Å². The Morgan fingerprint density at radius 1 is 1.04 bits per heavy atom. The fraction of sp³-hybridized carbons (Fsp3) is 0.273. The summed E-state index contributed by atoms with van der Waals surface area (Å²) in [6, 6.07) is 20.3. The van der Waals surface area contributed by atoms with Crippen LogP contribution in [-0.2, 0) is 14.8 Å². The Labute approximate surface area is 166 Å². The van der Waals surface area contributed by atoms with Gasteiger partial charge in [-0.1, -0.05) is 55.5 Å². The molecule has 1 heterocycles. The summed E-state index contributed by atoms with van der Waals surface area (Å²) in [4.78, 5) is 2.63. The SMILES string of the molecule is CCN1CCOC(c2ccc(NS(=O)(=O)c3cccc4ccccc34)cc2)C1. The van der Waals surface area contributed by atoms with Gasteiger partial charge >= 0.3 is 0 Å². The highest BCUT2D eigenvalue weighted by atomic mass is 32.2. The van der Waals surface area contributed by atoms with Crippen LogP contribution in [0.3, 0.4) is 0 Å². The van der Waals surface area contributed by atoms with E-state index in [2.05, 4.69) is 16.5 Å². The summed E-state index contributed by atoms with van der Waals surface area (Å²) in [5.74, 6) is 0. The van der Waals surface area contributed by atoms with E-state index in [1.807, 2.05) is 42.5 Å². The van der Waals surface area contributed by atoms with Gasteiger partial charge in [0.15, 0.2) is 0 Å². The van der Waals surface area contributed by atoms with Crippen LogP contribution in [0, 0.1) is 0 Å². The van der Waals surface area contributed by atoms with E-state index in [4.69, 9.17) is 4.74 Å². The lowest BCUT2D eigenvalue weighted by Gasteiger charge is -2.32. The summed E-state index contributed by atoms with van der Waals surface area (Å²) in [5.41, 5.74) is 1.60. The molecule has 1 aliphatic heterocycles. The molecule has 3 aromatic rings. The first-order chi connectivity index (χ1) is 13.6. The molecule has 5 nitrogen and oxygen atoms in total. The quantitative estimate of drug-likeness (QED) is 0.707. The minimum Gasteiger partial charge on any atom is -0.371 e. The Hall–Kier alpha value is -2.41. The maximum absolute atomic E-state index is 12.9. The lowest BCUT2D eigenvalue weighted by Crippen LogP contribution is -2.38.